The van der Waals surface area contributed by atoms with E-state index < -0.39 is 17.5 Å². The van der Waals surface area contributed by atoms with Crippen LogP contribution in [0, 0.1) is 0 Å². The van der Waals surface area contributed by atoms with Crippen LogP contribution in [-0.2, 0) is 14.4 Å². The Morgan fingerprint density at radius 2 is 2.04 bits per heavy atom. The summed E-state index contributed by atoms with van der Waals surface area (Å²) in [6.45, 7) is 3.23. The summed E-state index contributed by atoms with van der Waals surface area (Å²) < 4.78 is 0. The Bertz CT molecular complexity index is 814. The van der Waals surface area contributed by atoms with Crippen LogP contribution in [0.2, 0.25) is 10.0 Å². The number of nitrogens with zero attached hydrogens (tertiary/aromatic N) is 2. The maximum Gasteiger partial charge on any atom is 0.248 e. The van der Waals surface area contributed by atoms with Crippen molar-refractivity contribution in [3.8, 4) is 0 Å². The van der Waals surface area contributed by atoms with Crippen LogP contribution in [0.1, 0.15) is 20.3 Å². The van der Waals surface area contributed by atoms with Gasteiger partial charge in [0.1, 0.15) is 11.6 Å². The number of anilines is 1. The first kappa shape index (κ1) is 18.1. The highest BCUT2D eigenvalue weighted by atomic mass is 35.5. The molecule has 132 valence electrons. The normalized spacial score (nSPS) is 22.6. The number of fused-ring (bicyclic) bond motifs is 1. The van der Waals surface area contributed by atoms with Crippen molar-refractivity contribution in [3.63, 3.8) is 0 Å². The summed E-state index contributed by atoms with van der Waals surface area (Å²) in [6.07, 6.45) is -0.109. The number of benzene rings is 1. The molecule has 2 saturated heterocycles. The van der Waals surface area contributed by atoms with E-state index in [-0.39, 0.29) is 28.4 Å². The van der Waals surface area contributed by atoms with Gasteiger partial charge in [-0.05, 0) is 38.2 Å². The predicted octanol–water partition coefficient (Wildman–Crippen LogP) is 1.94. The zero-order chi connectivity index (χ0) is 18.5. The number of halogens is 2. The van der Waals surface area contributed by atoms with Gasteiger partial charge in [0.15, 0.2) is 5.11 Å². The number of rotatable bonds is 2. The van der Waals surface area contributed by atoms with Crippen LogP contribution in [0.25, 0.3) is 0 Å². The van der Waals surface area contributed by atoms with Gasteiger partial charge in [-0.3, -0.25) is 19.7 Å². The molecule has 0 aromatic heterocycles. The highest BCUT2D eigenvalue weighted by Gasteiger charge is 2.56. The predicted molar refractivity (Wildman–Crippen MR) is 97.0 cm³/mol. The number of carbonyl (C=O) groups excluding carboxylic acids is 3. The molecule has 1 aromatic rings. The first-order valence-electron chi connectivity index (χ1n) is 7.37. The minimum Gasteiger partial charge on any atom is -0.323 e. The van der Waals surface area contributed by atoms with Crippen LogP contribution >= 0.6 is 35.4 Å². The monoisotopic (exact) mass is 400 g/mol. The van der Waals surface area contributed by atoms with E-state index in [4.69, 9.17) is 35.4 Å². The van der Waals surface area contributed by atoms with Crippen LogP contribution in [0.5, 0.6) is 0 Å². The number of hydrogen-bond donors (Lipinski definition) is 2. The lowest BCUT2D eigenvalue weighted by molar-refractivity contribution is -0.154. The fourth-order valence-corrected chi connectivity index (χ4v) is 3.51. The van der Waals surface area contributed by atoms with Gasteiger partial charge in [0.25, 0.3) is 0 Å². The molecular weight excluding hydrogens is 387 g/mol. The van der Waals surface area contributed by atoms with Gasteiger partial charge in [0.2, 0.25) is 17.7 Å². The minimum absolute atomic E-state index is 0.0367. The molecule has 0 bridgehead atoms. The topological polar surface area (TPSA) is 81.8 Å². The van der Waals surface area contributed by atoms with Gasteiger partial charge >= 0.3 is 0 Å². The van der Waals surface area contributed by atoms with E-state index in [1.807, 2.05) is 0 Å². The van der Waals surface area contributed by atoms with E-state index in [1.54, 1.807) is 32.0 Å². The number of hydrazine groups is 1. The number of carbonyl (C=O) groups is 3. The summed E-state index contributed by atoms with van der Waals surface area (Å²) in [4.78, 5) is 37.3. The van der Waals surface area contributed by atoms with Crippen molar-refractivity contribution in [3.05, 3.63) is 28.2 Å². The van der Waals surface area contributed by atoms with Gasteiger partial charge in [-0.25, -0.2) is 5.01 Å². The van der Waals surface area contributed by atoms with Gasteiger partial charge < -0.3 is 5.32 Å². The summed E-state index contributed by atoms with van der Waals surface area (Å²) >= 11 is 17.1. The molecule has 0 spiro atoms. The molecule has 3 amide bonds. The largest absolute Gasteiger partial charge is 0.323 e. The quantitative estimate of drug-likeness (QED) is 0.741. The molecule has 1 aromatic carbocycles. The van der Waals surface area contributed by atoms with Gasteiger partial charge in [-0.15, -0.1) is 0 Å². The molecule has 10 heteroatoms. The van der Waals surface area contributed by atoms with Gasteiger partial charge in [-0.2, -0.15) is 5.01 Å². The molecule has 2 N–H and O–H groups in total. The second kappa shape index (κ2) is 6.21. The van der Waals surface area contributed by atoms with E-state index in [1.165, 1.54) is 10.0 Å². The summed E-state index contributed by atoms with van der Waals surface area (Å²) in [7, 11) is 0. The Morgan fingerprint density at radius 1 is 1.36 bits per heavy atom. The average Bonchev–Trinajstić information content (AvgIpc) is 2.89. The van der Waals surface area contributed by atoms with Gasteiger partial charge in [0.05, 0.1) is 22.2 Å². The first-order valence-corrected chi connectivity index (χ1v) is 8.53. The SMILES string of the molecule is CC1(C)C(=O)NC(=S)N2C(=O)C[C@@H](C(=O)Nc3cccc(Cl)c3Cl)N21. The Morgan fingerprint density at radius 3 is 2.72 bits per heavy atom. The van der Waals surface area contributed by atoms with Crippen molar-refractivity contribution in [1.82, 2.24) is 15.3 Å². The Balaban J connectivity index is 1.92. The summed E-state index contributed by atoms with van der Waals surface area (Å²) in [5.41, 5.74) is -0.805. The Kier molecular flexibility index (Phi) is 4.48. The molecule has 7 nitrogen and oxygen atoms in total. The first-order chi connectivity index (χ1) is 11.6. The van der Waals surface area contributed by atoms with Crippen molar-refractivity contribution in [2.24, 2.45) is 0 Å². The van der Waals surface area contributed by atoms with Crippen molar-refractivity contribution in [2.75, 3.05) is 5.32 Å². The molecule has 2 fully saturated rings. The molecule has 1 atom stereocenters. The fraction of sp³-hybridized carbons (Fsp3) is 0.333. The molecule has 25 heavy (non-hydrogen) atoms. The van der Waals surface area contributed by atoms with Crippen LogP contribution in [0.4, 0.5) is 5.69 Å². The van der Waals surface area contributed by atoms with Crippen molar-refractivity contribution >= 4 is 63.9 Å². The van der Waals surface area contributed by atoms with Crippen LogP contribution in [0.15, 0.2) is 18.2 Å². The van der Waals surface area contributed by atoms with E-state index in [9.17, 15) is 14.4 Å². The Labute approximate surface area is 159 Å². The molecule has 3 rings (SSSR count). The zero-order valence-corrected chi connectivity index (χ0v) is 15.6. The van der Waals surface area contributed by atoms with Crippen LogP contribution in [-0.4, -0.2) is 44.4 Å². The molecule has 0 radical (unpaired) electrons. The third kappa shape index (κ3) is 2.89. The van der Waals surface area contributed by atoms with Crippen molar-refractivity contribution < 1.29 is 14.4 Å². The molecule has 0 unspecified atom stereocenters. The lowest BCUT2D eigenvalue weighted by atomic mass is 10.00. The van der Waals surface area contributed by atoms with Crippen LogP contribution < -0.4 is 10.6 Å². The number of nitrogens with one attached hydrogen (secondary N) is 2. The number of hydrogen-bond acceptors (Lipinski definition) is 5. The van der Waals surface area contributed by atoms with E-state index in [2.05, 4.69) is 10.6 Å². The van der Waals surface area contributed by atoms with Gasteiger partial charge in [0, 0.05) is 0 Å². The molecule has 2 aliphatic rings. The molecular formula is C15H14Cl2N4O3S. The summed E-state index contributed by atoms with van der Waals surface area (Å²) in [5.74, 6) is -1.23. The maximum absolute atomic E-state index is 12.8. The fourth-order valence-electron chi connectivity index (χ4n) is 2.88. The molecule has 2 heterocycles. The minimum atomic E-state index is -1.13. The van der Waals surface area contributed by atoms with Crippen molar-refractivity contribution in [1.29, 1.82) is 0 Å². The molecule has 0 aliphatic carbocycles. The average molecular weight is 401 g/mol. The van der Waals surface area contributed by atoms with Crippen molar-refractivity contribution in [2.45, 2.75) is 31.8 Å². The number of thiocarbonyl (C=S) groups is 1. The Hall–Kier alpha value is -1.74. The summed E-state index contributed by atoms with van der Waals surface area (Å²) in [5, 5.41) is 8.18. The highest BCUT2D eigenvalue weighted by molar-refractivity contribution is 7.80. The second-order valence-electron chi connectivity index (χ2n) is 6.18. The smallest absolute Gasteiger partial charge is 0.248 e. The third-order valence-electron chi connectivity index (χ3n) is 4.17. The third-order valence-corrected chi connectivity index (χ3v) is 5.26. The lowest BCUT2D eigenvalue weighted by Crippen LogP contribution is -2.71. The molecule has 0 saturated carbocycles. The summed E-state index contributed by atoms with van der Waals surface area (Å²) in [6, 6.07) is 3.93. The lowest BCUT2D eigenvalue weighted by Gasteiger charge is -2.45. The van der Waals surface area contributed by atoms with Crippen LogP contribution in [0.3, 0.4) is 0 Å². The van der Waals surface area contributed by atoms with E-state index >= 15 is 0 Å². The van der Waals surface area contributed by atoms with E-state index in [0.717, 1.165) is 0 Å². The van der Waals surface area contributed by atoms with Gasteiger partial charge in [-0.1, -0.05) is 29.3 Å². The standard InChI is InChI=1S/C15H14Cl2N4O3S/c1-15(2)13(24)19-14(25)20-10(22)6-9(21(15)20)12(23)18-8-5-3-4-7(16)11(8)17/h3-5,9H,6H2,1-2H3,(H,18,23)(H,19,24,25)/t9-/m0/s1. The number of amides is 3. The van der Waals surface area contributed by atoms with E-state index in [0.29, 0.717) is 10.7 Å². The molecule has 2 aliphatic heterocycles. The highest BCUT2D eigenvalue weighted by Crippen LogP contribution is 2.34. The zero-order valence-electron chi connectivity index (χ0n) is 13.3. The maximum atomic E-state index is 12.8. The second-order valence-corrected chi connectivity index (χ2v) is 7.35.